The van der Waals surface area contributed by atoms with Crippen LogP contribution < -0.4 is 9.47 Å². The smallest absolute Gasteiger partial charge is 0.260 e. The van der Waals surface area contributed by atoms with E-state index in [4.69, 9.17) is 9.47 Å². The molecule has 0 aromatic heterocycles. The van der Waals surface area contributed by atoms with Crippen molar-refractivity contribution in [2.24, 2.45) is 0 Å². The number of allylic oxidation sites excluding steroid dienone is 1. The Morgan fingerprint density at radius 1 is 1.38 bits per heavy atom. The maximum atomic E-state index is 11.9. The van der Waals surface area contributed by atoms with Crippen LogP contribution in [0.4, 0.5) is 0 Å². The van der Waals surface area contributed by atoms with Gasteiger partial charge in [-0.1, -0.05) is 25.5 Å². The molecule has 0 heterocycles. The summed E-state index contributed by atoms with van der Waals surface area (Å²) in [5.74, 6) is 1.20. The van der Waals surface area contributed by atoms with Crippen LogP contribution >= 0.6 is 0 Å². The Hall–Kier alpha value is -1.97. The number of hydrogen-bond donors (Lipinski definition) is 0. The zero-order valence-electron chi connectivity index (χ0n) is 13.2. The minimum Gasteiger partial charge on any atom is -0.493 e. The van der Waals surface area contributed by atoms with Crippen molar-refractivity contribution >= 4 is 5.91 Å². The summed E-state index contributed by atoms with van der Waals surface area (Å²) in [7, 11) is 3.39. The molecule has 0 bridgehead atoms. The molecule has 0 saturated carbocycles. The lowest BCUT2D eigenvalue weighted by molar-refractivity contribution is -0.132. The third-order valence-corrected chi connectivity index (χ3v) is 3.23. The van der Waals surface area contributed by atoms with Gasteiger partial charge in [-0.2, -0.15) is 0 Å². The van der Waals surface area contributed by atoms with E-state index < -0.39 is 0 Å². The van der Waals surface area contributed by atoms with Gasteiger partial charge in [-0.3, -0.25) is 4.79 Å². The number of hydrogen-bond acceptors (Lipinski definition) is 3. The molecule has 1 rings (SSSR count). The number of carbonyl (C=O) groups is 1. The van der Waals surface area contributed by atoms with Crippen LogP contribution in [0.3, 0.4) is 0 Å². The predicted octanol–water partition coefficient (Wildman–Crippen LogP) is 3.06. The highest BCUT2D eigenvalue weighted by Gasteiger charge is 2.11. The second-order valence-corrected chi connectivity index (χ2v) is 4.94. The van der Waals surface area contributed by atoms with E-state index in [1.165, 1.54) is 0 Å². The SMILES string of the molecule is C=CCc1ccc(OCC(=O)N(C)CCCC)c(OC)c1. The van der Waals surface area contributed by atoms with Crippen LogP contribution in [0.25, 0.3) is 0 Å². The van der Waals surface area contributed by atoms with E-state index in [0.717, 1.165) is 31.4 Å². The van der Waals surface area contributed by atoms with Crippen molar-refractivity contribution in [3.05, 3.63) is 36.4 Å². The minimum atomic E-state index is -0.0272. The van der Waals surface area contributed by atoms with Crippen LogP contribution in [0.5, 0.6) is 11.5 Å². The first-order valence-corrected chi connectivity index (χ1v) is 7.27. The van der Waals surface area contributed by atoms with Crippen LogP contribution in [0.2, 0.25) is 0 Å². The molecule has 0 N–H and O–H groups in total. The summed E-state index contributed by atoms with van der Waals surface area (Å²) in [6, 6.07) is 5.68. The Bertz CT molecular complexity index is 471. The van der Waals surface area contributed by atoms with Crippen molar-refractivity contribution in [3.63, 3.8) is 0 Å². The fourth-order valence-corrected chi connectivity index (χ4v) is 1.89. The van der Waals surface area contributed by atoms with E-state index >= 15 is 0 Å². The second-order valence-electron chi connectivity index (χ2n) is 4.94. The molecule has 0 atom stereocenters. The highest BCUT2D eigenvalue weighted by atomic mass is 16.5. The number of rotatable bonds is 9. The van der Waals surface area contributed by atoms with Gasteiger partial charge in [-0.25, -0.2) is 0 Å². The van der Waals surface area contributed by atoms with E-state index in [1.54, 1.807) is 19.1 Å². The summed E-state index contributed by atoms with van der Waals surface area (Å²) in [6.07, 6.45) is 4.68. The standard InChI is InChI=1S/C17H25NO3/c1-5-7-11-18(3)17(19)13-21-15-10-9-14(8-6-2)12-16(15)20-4/h6,9-10,12H,2,5,7-8,11,13H2,1,3-4H3. The van der Waals surface area contributed by atoms with E-state index in [2.05, 4.69) is 13.5 Å². The van der Waals surface area contributed by atoms with Gasteiger partial charge in [0.1, 0.15) is 0 Å². The molecule has 0 radical (unpaired) electrons. The molecule has 4 nitrogen and oxygen atoms in total. The minimum absolute atomic E-state index is 0.0252. The van der Waals surface area contributed by atoms with Crippen LogP contribution in [0.15, 0.2) is 30.9 Å². The maximum Gasteiger partial charge on any atom is 0.260 e. The van der Waals surface area contributed by atoms with E-state index in [9.17, 15) is 4.79 Å². The molecule has 1 amide bonds. The molecule has 4 heteroatoms. The van der Waals surface area contributed by atoms with Gasteiger partial charge in [-0.05, 0) is 30.5 Å². The van der Waals surface area contributed by atoms with Crippen molar-refractivity contribution in [3.8, 4) is 11.5 Å². The number of carbonyl (C=O) groups excluding carboxylic acids is 1. The molecule has 1 aromatic carbocycles. The van der Waals surface area contributed by atoms with Crippen LogP contribution in [0.1, 0.15) is 25.3 Å². The number of likely N-dealkylation sites (N-methyl/N-ethyl adjacent to an activating group) is 1. The fourth-order valence-electron chi connectivity index (χ4n) is 1.89. The van der Waals surface area contributed by atoms with Crippen LogP contribution in [-0.2, 0) is 11.2 Å². The molecule has 0 saturated heterocycles. The normalized spacial score (nSPS) is 10.0. The molecular formula is C17H25NO3. The van der Waals surface area contributed by atoms with Gasteiger partial charge >= 0.3 is 0 Å². The number of benzene rings is 1. The molecule has 0 aliphatic heterocycles. The number of methoxy groups -OCH3 is 1. The highest BCUT2D eigenvalue weighted by Crippen LogP contribution is 2.28. The number of amides is 1. The lowest BCUT2D eigenvalue weighted by Crippen LogP contribution is -2.32. The molecule has 0 unspecified atom stereocenters. The largest absolute Gasteiger partial charge is 0.493 e. The molecule has 116 valence electrons. The quantitative estimate of drug-likeness (QED) is 0.656. The first kappa shape index (κ1) is 17.1. The van der Waals surface area contributed by atoms with Crippen molar-refractivity contribution in [1.82, 2.24) is 4.90 Å². The Morgan fingerprint density at radius 3 is 2.76 bits per heavy atom. The predicted molar refractivity (Wildman–Crippen MR) is 84.9 cm³/mol. The second kappa shape index (κ2) is 9.06. The highest BCUT2D eigenvalue weighted by molar-refractivity contribution is 5.77. The van der Waals surface area contributed by atoms with Gasteiger partial charge in [0.05, 0.1) is 7.11 Å². The Morgan fingerprint density at radius 2 is 2.14 bits per heavy atom. The molecule has 0 aliphatic carbocycles. The summed E-state index contributed by atoms with van der Waals surface area (Å²) in [6.45, 7) is 6.60. The number of nitrogens with zero attached hydrogens (tertiary/aromatic N) is 1. The van der Waals surface area contributed by atoms with Crippen LogP contribution in [-0.4, -0.2) is 38.1 Å². The van der Waals surface area contributed by atoms with Crippen LogP contribution in [0, 0.1) is 0 Å². The zero-order chi connectivity index (χ0) is 15.7. The maximum absolute atomic E-state index is 11.9. The van der Waals surface area contributed by atoms with Gasteiger partial charge in [0, 0.05) is 13.6 Å². The van der Waals surface area contributed by atoms with Crippen molar-refractivity contribution in [2.75, 3.05) is 27.3 Å². The topological polar surface area (TPSA) is 38.8 Å². The van der Waals surface area contributed by atoms with Gasteiger partial charge in [0.2, 0.25) is 0 Å². The van der Waals surface area contributed by atoms with E-state index in [1.807, 2.05) is 24.3 Å². The van der Waals surface area contributed by atoms with Gasteiger partial charge < -0.3 is 14.4 Å². The van der Waals surface area contributed by atoms with E-state index in [0.29, 0.717) is 11.5 Å². The first-order valence-electron chi connectivity index (χ1n) is 7.27. The third kappa shape index (κ3) is 5.50. The van der Waals surface area contributed by atoms with Gasteiger partial charge in [0.25, 0.3) is 5.91 Å². The monoisotopic (exact) mass is 291 g/mol. The zero-order valence-corrected chi connectivity index (χ0v) is 13.2. The summed E-state index contributed by atoms with van der Waals surface area (Å²) in [4.78, 5) is 13.6. The van der Waals surface area contributed by atoms with Crippen molar-refractivity contribution in [1.29, 1.82) is 0 Å². The molecule has 0 aliphatic rings. The van der Waals surface area contributed by atoms with Crippen molar-refractivity contribution < 1.29 is 14.3 Å². The van der Waals surface area contributed by atoms with Gasteiger partial charge in [-0.15, -0.1) is 6.58 Å². The Balaban J connectivity index is 2.62. The third-order valence-electron chi connectivity index (χ3n) is 3.23. The molecule has 0 spiro atoms. The molecule has 0 fully saturated rings. The number of unbranched alkanes of at least 4 members (excludes halogenated alkanes) is 1. The molecule has 21 heavy (non-hydrogen) atoms. The average molecular weight is 291 g/mol. The Labute approximate surface area is 127 Å². The Kier molecular flexibility index (Phi) is 7.37. The summed E-state index contributed by atoms with van der Waals surface area (Å²) in [5.41, 5.74) is 1.10. The van der Waals surface area contributed by atoms with Crippen molar-refractivity contribution in [2.45, 2.75) is 26.2 Å². The first-order chi connectivity index (χ1) is 10.1. The lowest BCUT2D eigenvalue weighted by Gasteiger charge is -2.18. The molecule has 1 aromatic rings. The lowest BCUT2D eigenvalue weighted by atomic mass is 10.1. The molecular weight excluding hydrogens is 266 g/mol. The van der Waals surface area contributed by atoms with E-state index in [-0.39, 0.29) is 12.5 Å². The summed E-state index contributed by atoms with van der Waals surface area (Å²) < 4.78 is 10.9. The van der Waals surface area contributed by atoms with Gasteiger partial charge in [0.15, 0.2) is 18.1 Å². The average Bonchev–Trinajstić information content (AvgIpc) is 2.51. The fraction of sp³-hybridized carbons (Fsp3) is 0.471. The summed E-state index contributed by atoms with van der Waals surface area (Å²) in [5, 5.41) is 0. The summed E-state index contributed by atoms with van der Waals surface area (Å²) >= 11 is 0. The number of ether oxygens (including phenoxy) is 2.